The van der Waals surface area contributed by atoms with Gasteiger partial charge in [0, 0.05) is 11.8 Å². The highest BCUT2D eigenvalue weighted by Crippen LogP contribution is 2.28. The van der Waals surface area contributed by atoms with E-state index in [1.54, 1.807) is 25.3 Å². The lowest BCUT2D eigenvalue weighted by Crippen LogP contribution is -1.99. The predicted molar refractivity (Wildman–Crippen MR) is 65.5 cm³/mol. The fraction of sp³-hybridized carbons (Fsp3) is 0.214. The number of benzene rings is 1. The van der Waals surface area contributed by atoms with Crippen molar-refractivity contribution in [3.63, 3.8) is 0 Å². The number of hydrogen-bond donors (Lipinski definition) is 0. The first-order valence-corrected chi connectivity index (χ1v) is 5.67. The van der Waals surface area contributed by atoms with Gasteiger partial charge in [-0.25, -0.2) is 4.39 Å². The summed E-state index contributed by atoms with van der Waals surface area (Å²) in [6.45, 7) is 3.87. The van der Waals surface area contributed by atoms with Gasteiger partial charge in [0.05, 0.1) is 12.3 Å². The van der Waals surface area contributed by atoms with Crippen LogP contribution in [0, 0.1) is 18.6 Å². The number of pyridine rings is 1. The average Bonchev–Trinajstić information content (AvgIpc) is 2.35. The molecule has 0 saturated heterocycles. The van der Waals surface area contributed by atoms with E-state index in [9.17, 15) is 8.78 Å². The van der Waals surface area contributed by atoms with E-state index < -0.39 is 11.6 Å². The van der Waals surface area contributed by atoms with E-state index >= 15 is 0 Å². The molecule has 0 fully saturated rings. The molecular formula is C14H13F2NO. The highest BCUT2D eigenvalue weighted by atomic mass is 19.2. The first-order valence-electron chi connectivity index (χ1n) is 5.67. The second-order valence-electron chi connectivity index (χ2n) is 3.89. The zero-order chi connectivity index (χ0) is 13.1. The summed E-state index contributed by atoms with van der Waals surface area (Å²) in [5.41, 5.74) is 1.49. The number of ether oxygens (including phenoxy) is 1. The fourth-order valence-corrected chi connectivity index (χ4v) is 1.68. The lowest BCUT2D eigenvalue weighted by molar-refractivity contribution is 0.314. The summed E-state index contributed by atoms with van der Waals surface area (Å²) in [4.78, 5) is 4.04. The molecule has 0 N–H and O–H groups in total. The van der Waals surface area contributed by atoms with Crippen LogP contribution in [0.5, 0.6) is 5.75 Å². The molecule has 2 nitrogen and oxygen atoms in total. The van der Waals surface area contributed by atoms with Crippen molar-refractivity contribution in [2.45, 2.75) is 13.8 Å². The van der Waals surface area contributed by atoms with Crippen LogP contribution in [0.4, 0.5) is 8.78 Å². The number of hydrogen-bond acceptors (Lipinski definition) is 2. The van der Waals surface area contributed by atoms with Gasteiger partial charge in [-0.05, 0) is 43.7 Å². The standard InChI is InChI=1S/C14H13F2NO/c1-3-18-12-5-4-10(13(15)14(12)16)11-8-9(2)6-7-17-11/h4-8H,3H2,1-2H3. The van der Waals surface area contributed by atoms with Crippen molar-refractivity contribution in [3.8, 4) is 17.0 Å². The Balaban J connectivity index is 2.50. The van der Waals surface area contributed by atoms with Gasteiger partial charge < -0.3 is 4.74 Å². The minimum Gasteiger partial charge on any atom is -0.491 e. The van der Waals surface area contributed by atoms with Crippen LogP contribution in [0.15, 0.2) is 30.5 Å². The van der Waals surface area contributed by atoms with E-state index in [1.807, 2.05) is 6.92 Å². The molecule has 1 heterocycles. The van der Waals surface area contributed by atoms with Gasteiger partial charge in [-0.2, -0.15) is 4.39 Å². The Morgan fingerprint density at radius 1 is 1.17 bits per heavy atom. The summed E-state index contributed by atoms with van der Waals surface area (Å²) in [7, 11) is 0. The first kappa shape index (κ1) is 12.5. The van der Waals surface area contributed by atoms with Crippen LogP contribution in [0.3, 0.4) is 0 Å². The molecule has 2 rings (SSSR count). The minimum absolute atomic E-state index is 0.0774. The van der Waals surface area contributed by atoms with Gasteiger partial charge in [0.1, 0.15) is 0 Å². The van der Waals surface area contributed by atoms with E-state index in [-0.39, 0.29) is 11.3 Å². The van der Waals surface area contributed by atoms with Crippen LogP contribution >= 0.6 is 0 Å². The topological polar surface area (TPSA) is 22.1 Å². The van der Waals surface area contributed by atoms with Crippen LogP contribution in [0.1, 0.15) is 12.5 Å². The second-order valence-corrected chi connectivity index (χ2v) is 3.89. The molecule has 1 aromatic carbocycles. The number of halogens is 2. The molecule has 0 saturated carbocycles. The van der Waals surface area contributed by atoms with Crippen molar-refractivity contribution in [1.82, 2.24) is 4.98 Å². The van der Waals surface area contributed by atoms with Gasteiger partial charge in [0.2, 0.25) is 5.82 Å². The van der Waals surface area contributed by atoms with Crippen LogP contribution < -0.4 is 4.74 Å². The first-order chi connectivity index (χ1) is 8.63. The van der Waals surface area contributed by atoms with Gasteiger partial charge in [-0.1, -0.05) is 0 Å². The molecule has 0 aliphatic carbocycles. The van der Waals surface area contributed by atoms with Gasteiger partial charge in [-0.3, -0.25) is 4.98 Å². The summed E-state index contributed by atoms with van der Waals surface area (Å²) in [5.74, 6) is -1.98. The molecule has 2 aromatic rings. The molecule has 18 heavy (non-hydrogen) atoms. The van der Waals surface area contributed by atoms with Crippen LogP contribution in [0.25, 0.3) is 11.3 Å². The third-order valence-corrected chi connectivity index (χ3v) is 2.54. The highest BCUT2D eigenvalue weighted by molar-refractivity contribution is 5.62. The maximum Gasteiger partial charge on any atom is 0.201 e. The summed E-state index contributed by atoms with van der Waals surface area (Å²) in [5, 5.41) is 0. The zero-order valence-electron chi connectivity index (χ0n) is 10.2. The molecule has 4 heteroatoms. The Labute approximate surface area is 104 Å². The molecule has 1 aromatic heterocycles. The Hall–Kier alpha value is -1.97. The Morgan fingerprint density at radius 3 is 2.61 bits per heavy atom. The number of nitrogens with zero attached hydrogens (tertiary/aromatic N) is 1. The summed E-state index contributed by atoms with van der Waals surface area (Å²) in [6.07, 6.45) is 1.57. The van der Waals surface area contributed by atoms with Crippen LogP contribution in [-0.2, 0) is 0 Å². The Kier molecular flexibility index (Phi) is 3.55. The van der Waals surface area contributed by atoms with Crippen molar-refractivity contribution in [2.75, 3.05) is 6.61 Å². The maximum atomic E-state index is 13.9. The summed E-state index contributed by atoms with van der Waals surface area (Å²) >= 11 is 0. The van der Waals surface area contributed by atoms with Crippen molar-refractivity contribution in [2.24, 2.45) is 0 Å². The molecular weight excluding hydrogens is 236 g/mol. The van der Waals surface area contributed by atoms with Gasteiger partial charge >= 0.3 is 0 Å². The van der Waals surface area contributed by atoms with Gasteiger partial charge in [0.25, 0.3) is 0 Å². The van der Waals surface area contributed by atoms with Crippen molar-refractivity contribution in [3.05, 3.63) is 47.7 Å². The largest absolute Gasteiger partial charge is 0.491 e. The van der Waals surface area contributed by atoms with E-state index in [4.69, 9.17) is 4.74 Å². The monoisotopic (exact) mass is 249 g/mol. The quantitative estimate of drug-likeness (QED) is 0.826. The molecule has 0 atom stereocenters. The summed E-state index contributed by atoms with van der Waals surface area (Å²) in [6, 6.07) is 6.40. The molecule has 0 spiro atoms. The molecule has 0 unspecified atom stereocenters. The van der Waals surface area contributed by atoms with E-state index in [1.165, 1.54) is 12.1 Å². The summed E-state index contributed by atoms with van der Waals surface area (Å²) < 4.78 is 32.6. The van der Waals surface area contributed by atoms with Gasteiger partial charge in [0.15, 0.2) is 11.6 Å². The van der Waals surface area contributed by atoms with Crippen LogP contribution in [-0.4, -0.2) is 11.6 Å². The molecule has 0 bridgehead atoms. The number of aryl methyl sites for hydroxylation is 1. The third-order valence-electron chi connectivity index (χ3n) is 2.54. The smallest absolute Gasteiger partial charge is 0.201 e. The van der Waals surface area contributed by atoms with E-state index in [2.05, 4.69) is 4.98 Å². The lowest BCUT2D eigenvalue weighted by atomic mass is 10.1. The zero-order valence-corrected chi connectivity index (χ0v) is 10.2. The van der Waals surface area contributed by atoms with Crippen LogP contribution in [0.2, 0.25) is 0 Å². The maximum absolute atomic E-state index is 13.9. The van der Waals surface area contributed by atoms with Gasteiger partial charge in [-0.15, -0.1) is 0 Å². The van der Waals surface area contributed by atoms with Crippen molar-refractivity contribution >= 4 is 0 Å². The third kappa shape index (κ3) is 2.32. The molecule has 0 aliphatic rings. The van der Waals surface area contributed by atoms with E-state index in [0.29, 0.717) is 12.3 Å². The fourth-order valence-electron chi connectivity index (χ4n) is 1.68. The number of rotatable bonds is 3. The molecule has 0 radical (unpaired) electrons. The number of aromatic nitrogens is 1. The van der Waals surface area contributed by atoms with Crippen molar-refractivity contribution < 1.29 is 13.5 Å². The normalized spacial score (nSPS) is 10.4. The predicted octanol–water partition coefficient (Wildman–Crippen LogP) is 3.73. The Morgan fingerprint density at radius 2 is 1.94 bits per heavy atom. The molecule has 94 valence electrons. The highest BCUT2D eigenvalue weighted by Gasteiger charge is 2.16. The minimum atomic E-state index is -0.974. The Bertz CT molecular complexity index is 570. The average molecular weight is 249 g/mol. The second kappa shape index (κ2) is 5.12. The SMILES string of the molecule is CCOc1ccc(-c2cc(C)ccn2)c(F)c1F. The van der Waals surface area contributed by atoms with E-state index in [0.717, 1.165) is 5.56 Å². The van der Waals surface area contributed by atoms with Crippen molar-refractivity contribution in [1.29, 1.82) is 0 Å². The lowest BCUT2D eigenvalue weighted by Gasteiger charge is -2.08. The molecule has 0 amide bonds. The molecule has 0 aliphatic heterocycles.